The van der Waals surface area contributed by atoms with E-state index >= 15 is 0 Å². The lowest BCUT2D eigenvalue weighted by Gasteiger charge is -2.14. The summed E-state index contributed by atoms with van der Waals surface area (Å²) in [7, 11) is 0. The van der Waals surface area contributed by atoms with Crippen molar-refractivity contribution in [3.63, 3.8) is 0 Å². The standard InChI is InChI=1S/C12H21ClN6/c1-3-14-11-16-10(13)17-12(18-11)15-7-9-5-6-19(4-2)8-9/h9H,3-8H2,1-2H3,(H2,14,15,16,17,18). The van der Waals surface area contributed by atoms with E-state index in [9.17, 15) is 0 Å². The molecule has 2 N–H and O–H groups in total. The highest BCUT2D eigenvalue weighted by molar-refractivity contribution is 6.28. The van der Waals surface area contributed by atoms with Gasteiger partial charge < -0.3 is 15.5 Å². The molecule has 1 atom stereocenters. The van der Waals surface area contributed by atoms with Crippen LogP contribution in [-0.4, -0.2) is 52.6 Å². The SMILES string of the molecule is CCNc1nc(Cl)nc(NCC2CCN(CC)C2)n1. The molecule has 0 saturated carbocycles. The van der Waals surface area contributed by atoms with Crippen LogP contribution < -0.4 is 10.6 Å². The summed E-state index contributed by atoms with van der Waals surface area (Å²) in [5, 5.41) is 6.51. The number of anilines is 2. The molecule has 6 nitrogen and oxygen atoms in total. The lowest BCUT2D eigenvalue weighted by molar-refractivity contribution is 0.345. The minimum absolute atomic E-state index is 0.218. The number of nitrogens with zero attached hydrogens (tertiary/aromatic N) is 4. The smallest absolute Gasteiger partial charge is 0.228 e. The molecule has 0 bridgehead atoms. The van der Waals surface area contributed by atoms with Crippen molar-refractivity contribution in [2.24, 2.45) is 5.92 Å². The summed E-state index contributed by atoms with van der Waals surface area (Å²) in [6, 6.07) is 0. The van der Waals surface area contributed by atoms with E-state index in [0.29, 0.717) is 17.8 Å². The zero-order chi connectivity index (χ0) is 13.7. The van der Waals surface area contributed by atoms with Crippen LogP contribution in [0.2, 0.25) is 5.28 Å². The molecule has 2 heterocycles. The fourth-order valence-electron chi connectivity index (χ4n) is 2.27. The lowest BCUT2D eigenvalue weighted by atomic mass is 10.1. The molecule has 0 radical (unpaired) electrons. The molecule has 1 aromatic heterocycles. The zero-order valence-electron chi connectivity index (χ0n) is 11.5. The number of halogens is 1. The highest BCUT2D eigenvalue weighted by Gasteiger charge is 2.21. The summed E-state index contributed by atoms with van der Waals surface area (Å²) < 4.78 is 0. The monoisotopic (exact) mass is 284 g/mol. The number of rotatable bonds is 6. The third-order valence-corrected chi connectivity index (χ3v) is 3.48. The van der Waals surface area contributed by atoms with Gasteiger partial charge in [0.05, 0.1) is 0 Å². The summed E-state index contributed by atoms with van der Waals surface area (Å²) in [6.45, 7) is 9.27. The van der Waals surface area contributed by atoms with Crippen molar-refractivity contribution in [3.8, 4) is 0 Å². The van der Waals surface area contributed by atoms with Gasteiger partial charge in [-0.1, -0.05) is 6.92 Å². The van der Waals surface area contributed by atoms with Gasteiger partial charge in [-0.2, -0.15) is 15.0 Å². The second-order valence-corrected chi connectivity index (χ2v) is 5.05. The fourth-order valence-corrected chi connectivity index (χ4v) is 2.43. The van der Waals surface area contributed by atoms with Gasteiger partial charge in [0.25, 0.3) is 0 Å². The highest BCUT2D eigenvalue weighted by atomic mass is 35.5. The summed E-state index contributed by atoms with van der Waals surface area (Å²) in [6.07, 6.45) is 1.22. The maximum atomic E-state index is 5.88. The van der Waals surface area contributed by atoms with Crippen molar-refractivity contribution < 1.29 is 0 Å². The van der Waals surface area contributed by atoms with Crippen LogP contribution in [0, 0.1) is 5.92 Å². The van der Waals surface area contributed by atoms with Gasteiger partial charge in [-0.15, -0.1) is 0 Å². The number of aromatic nitrogens is 3. The molecule has 19 heavy (non-hydrogen) atoms. The fraction of sp³-hybridized carbons (Fsp3) is 0.750. The first-order valence-corrected chi connectivity index (χ1v) is 7.20. The molecule has 1 aliphatic heterocycles. The Bertz CT molecular complexity index is 413. The molecule has 2 rings (SSSR count). The topological polar surface area (TPSA) is 66.0 Å². The number of hydrogen-bond acceptors (Lipinski definition) is 6. The molecule has 0 aliphatic carbocycles. The van der Waals surface area contributed by atoms with Crippen molar-refractivity contribution in [2.45, 2.75) is 20.3 Å². The Morgan fingerprint density at radius 3 is 2.58 bits per heavy atom. The van der Waals surface area contributed by atoms with E-state index in [2.05, 4.69) is 37.4 Å². The average molecular weight is 285 g/mol. The van der Waals surface area contributed by atoms with Gasteiger partial charge in [-0.3, -0.25) is 0 Å². The van der Waals surface area contributed by atoms with Crippen molar-refractivity contribution >= 4 is 23.5 Å². The van der Waals surface area contributed by atoms with Gasteiger partial charge in [0.15, 0.2) is 0 Å². The van der Waals surface area contributed by atoms with Crippen molar-refractivity contribution in [3.05, 3.63) is 5.28 Å². The number of likely N-dealkylation sites (tertiary alicyclic amines) is 1. The highest BCUT2D eigenvalue weighted by Crippen LogP contribution is 2.16. The van der Waals surface area contributed by atoms with Crippen LogP contribution in [0.3, 0.4) is 0 Å². The second-order valence-electron chi connectivity index (χ2n) is 4.71. The lowest BCUT2D eigenvalue weighted by Crippen LogP contribution is -2.23. The molecule has 7 heteroatoms. The van der Waals surface area contributed by atoms with Crippen LogP contribution in [0.1, 0.15) is 20.3 Å². The van der Waals surface area contributed by atoms with Crippen LogP contribution in [0.4, 0.5) is 11.9 Å². The maximum absolute atomic E-state index is 5.88. The van der Waals surface area contributed by atoms with E-state index in [1.54, 1.807) is 0 Å². The third kappa shape index (κ3) is 4.18. The van der Waals surface area contributed by atoms with E-state index in [-0.39, 0.29) is 5.28 Å². The van der Waals surface area contributed by atoms with Gasteiger partial charge in [0.2, 0.25) is 17.2 Å². The van der Waals surface area contributed by atoms with Crippen molar-refractivity contribution in [2.75, 3.05) is 43.4 Å². The quantitative estimate of drug-likeness (QED) is 0.829. The number of hydrogen-bond donors (Lipinski definition) is 2. The summed E-state index contributed by atoms with van der Waals surface area (Å²) in [5.74, 6) is 1.72. The predicted octanol–water partition coefficient (Wildman–Crippen LogP) is 1.71. The normalized spacial score (nSPS) is 19.6. The molecular formula is C12H21ClN6. The van der Waals surface area contributed by atoms with Gasteiger partial charge >= 0.3 is 0 Å². The summed E-state index contributed by atoms with van der Waals surface area (Å²) >= 11 is 5.88. The van der Waals surface area contributed by atoms with E-state index in [1.165, 1.54) is 13.0 Å². The zero-order valence-corrected chi connectivity index (χ0v) is 12.2. The third-order valence-electron chi connectivity index (χ3n) is 3.31. The minimum atomic E-state index is 0.218. The van der Waals surface area contributed by atoms with Crippen molar-refractivity contribution in [1.29, 1.82) is 0 Å². The largest absolute Gasteiger partial charge is 0.354 e. The van der Waals surface area contributed by atoms with E-state index in [4.69, 9.17) is 11.6 Å². The van der Waals surface area contributed by atoms with Crippen LogP contribution in [0.15, 0.2) is 0 Å². The summed E-state index contributed by atoms with van der Waals surface area (Å²) in [4.78, 5) is 14.8. The van der Waals surface area contributed by atoms with Gasteiger partial charge in [0.1, 0.15) is 0 Å². The Kier molecular flexibility index (Phi) is 5.15. The second kappa shape index (κ2) is 6.86. The summed E-state index contributed by atoms with van der Waals surface area (Å²) in [5.41, 5.74) is 0. The van der Waals surface area contributed by atoms with Crippen LogP contribution >= 0.6 is 11.6 Å². The first-order chi connectivity index (χ1) is 9.21. The predicted molar refractivity (Wildman–Crippen MR) is 77.7 cm³/mol. The van der Waals surface area contributed by atoms with Crippen LogP contribution in [0.25, 0.3) is 0 Å². The van der Waals surface area contributed by atoms with E-state index in [0.717, 1.165) is 26.2 Å². The van der Waals surface area contributed by atoms with E-state index in [1.807, 2.05) is 6.92 Å². The van der Waals surface area contributed by atoms with Gasteiger partial charge in [-0.05, 0) is 44.0 Å². The van der Waals surface area contributed by atoms with E-state index < -0.39 is 0 Å². The Morgan fingerprint density at radius 1 is 1.21 bits per heavy atom. The molecule has 1 aromatic rings. The van der Waals surface area contributed by atoms with Crippen LogP contribution in [0.5, 0.6) is 0 Å². The van der Waals surface area contributed by atoms with Gasteiger partial charge in [0, 0.05) is 19.6 Å². The molecule has 1 saturated heterocycles. The molecular weight excluding hydrogens is 264 g/mol. The number of nitrogens with one attached hydrogen (secondary N) is 2. The Hall–Kier alpha value is -1.14. The first-order valence-electron chi connectivity index (χ1n) is 6.83. The minimum Gasteiger partial charge on any atom is -0.354 e. The Labute approximate surface area is 119 Å². The Morgan fingerprint density at radius 2 is 1.95 bits per heavy atom. The van der Waals surface area contributed by atoms with Crippen LogP contribution in [-0.2, 0) is 0 Å². The molecule has 1 unspecified atom stereocenters. The molecule has 1 fully saturated rings. The molecule has 0 aromatic carbocycles. The first kappa shape index (κ1) is 14.3. The maximum Gasteiger partial charge on any atom is 0.228 e. The Balaban J connectivity index is 1.88. The molecule has 1 aliphatic rings. The average Bonchev–Trinajstić information content (AvgIpc) is 2.84. The molecule has 0 spiro atoms. The molecule has 106 valence electrons. The molecule has 0 amide bonds. The van der Waals surface area contributed by atoms with Gasteiger partial charge in [-0.25, -0.2) is 0 Å². The van der Waals surface area contributed by atoms with Crippen molar-refractivity contribution in [1.82, 2.24) is 19.9 Å².